The maximum Gasteiger partial charge on any atom is 0.226 e. The van der Waals surface area contributed by atoms with Crippen LogP contribution in [0.2, 0.25) is 5.02 Å². The normalized spacial score (nSPS) is 20.0. The Balaban J connectivity index is 1.42. The van der Waals surface area contributed by atoms with Gasteiger partial charge in [0.25, 0.3) is 0 Å². The molecule has 0 aliphatic carbocycles. The first-order valence-electron chi connectivity index (χ1n) is 12.4. The number of amides is 2. The van der Waals surface area contributed by atoms with Crippen LogP contribution in [-0.4, -0.2) is 86.4 Å². The Labute approximate surface area is 221 Å². The van der Waals surface area contributed by atoms with Gasteiger partial charge in [-0.3, -0.25) is 9.59 Å². The average molecular weight is 535 g/mol. The molecule has 0 N–H and O–H groups in total. The molecule has 37 heavy (non-hydrogen) atoms. The number of rotatable bonds is 9. The molecule has 0 bridgehead atoms. The van der Waals surface area contributed by atoms with Gasteiger partial charge in [0.1, 0.15) is 29.5 Å². The summed E-state index contributed by atoms with van der Waals surface area (Å²) in [5.41, 5.74) is -0.141. The number of carbonyl (C=O) groups is 2. The number of nitrogens with zero attached hydrogens (tertiary/aromatic N) is 2. The SMILES string of the molecule is Cc1cc(OC[C@]2(CC(=O)N3CCOCC3)CN(C(=O)CCOc3cccc(F)c3)CCO2)ccc1Cl. The second-order valence-corrected chi connectivity index (χ2v) is 9.68. The number of carbonyl (C=O) groups excluding carboxylic acids is 2. The summed E-state index contributed by atoms with van der Waals surface area (Å²) in [6.07, 6.45) is 0.185. The molecule has 8 nitrogen and oxygen atoms in total. The van der Waals surface area contributed by atoms with Crippen LogP contribution < -0.4 is 9.47 Å². The molecule has 2 aromatic carbocycles. The molecule has 2 aliphatic heterocycles. The Hall–Kier alpha value is -2.88. The van der Waals surface area contributed by atoms with Crippen molar-refractivity contribution in [1.29, 1.82) is 0 Å². The van der Waals surface area contributed by atoms with Gasteiger partial charge in [-0.25, -0.2) is 4.39 Å². The predicted molar refractivity (Wildman–Crippen MR) is 135 cm³/mol. The van der Waals surface area contributed by atoms with E-state index in [1.807, 2.05) is 13.0 Å². The zero-order chi connectivity index (χ0) is 26.3. The number of benzene rings is 2. The Kier molecular flexibility index (Phi) is 9.23. The smallest absolute Gasteiger partial charge is 0.226 e. The highest BCUT2D eigenvalue weighted by Gasteiger charge is 2.42. The van der Waals surface area contributed by atoms with Crippen molar-refractivity contribution in [3.63, 3.8) is 0 Å². The van der Waals surface area contributed by atoms with E-state index in [4.69, 9.17) is 30.5 Å². The monoisotopic (exact) mass is 534 g/mol. The molecule has 200 valence electrons. The van der Waals surface area contributed by atoms with Crippen LogP contribution in [0, 0.1) is 12.7 Å². The average Bonchev–Trinajstić information content (AvgIpc) is 2.90. The molecule has 4 rings (SSSR count). The molecule has 0 radical (unpaired) electrons. The minimum absolute atomic E-state index is 0.0667. The molecule has 0 aromatic heterocycles. The molecule has 0 unspecified atom stereocenters. The Bertz CT molecular complexity index is 1100. The second-order valence-electron chi connectivity index (χ2n) is 9.27. The van der Waals surface area contributed by atoms with Crippen LogP contribution in [0.25, 0.3) is 0 Å². The van der Waals surface area contributed by atoms with Crippen molar-refractivity contribution in [2.45, 2.75) is 25.4 Å². The first-order chi connectivity index (χ1) is 17.8. The summed E-state index contributed by atoms with van der Waals surface area (Å²) in [5, 5.41) is 0.635. The molecular weight excluding hydrogens is 503 g/mol. The molecule has 2 amide bonds. The highest BCUT2D eigenvalue weighted by atomic mass is 35.5. The number of halogens is 2. The third-order valence-corrected chi connectivity index (χ3v) is 6.87. The second kappa shape index (κ2) is 12.6. The van der Waals surface area contributed by atoms with Gasteiger partial charge in [-0.1, -0.05) is 17.7 Å². The lowest BCUT2D eigenvalue weighted by molar-refractivity contribution is -0.167. The van der Waals surface area contributed by atoms with Gasteiger partial charge in [0.2, 0.25) is 11.8 Å². The van der Waals surface area contributed by atoms with Gasteiger partial charge in [0.05, 0.1) is 45.8 Å². The third-order valence-electron chi connectivity index (χ3n) is 6.45. The van der Waals surface area contributed by atoms with Crippen molar-refractivity contribution in [1.82, 2.24) is 9.80 Å². The number of ether oxygens (including phenoxy) is 4. The number of aryl methyl sites for hydroxylation is 1. The standard InChI is InChI=1S/C27H32ClFN2O6/c1-20-15-23(5-6-24(20)28)36-19-27(17-26(33)30-8-12-34-13-9-30)18-31(10-14-37-27)25(32)7-11-35-22-4-2-3-21(29)16-22/h2-6,15-16H,7-14,17-19H2,1H3/t27-/m0/s1. The fourth-order valence-electron chi connectivity index (χ4n) is 4.40. The Morgan fingerprint density at radius 3 is 2.51 bits per heavy atom. The maximum atomic E-state index is 13.4. The van der Waals surface area contributed by atoms with Crippen LogP contribution in [0.15, 0.2) is 42.5 Å². The van der Waals surface area contributed by atoms with E-state index in [2.05, 4.69) is 0 Å². The number of hydrogen-bond acceptors (Lipinski definition) is 6. The minimum atomic E-state index is -1.01. The fourth-order valence-corrected chi connectivity index (χ4v) is 4.51. The number of hydrogen-bond donors (Lipinski definition) is 0. The molecule has 2 saturated heterocycles. The first-order valence-corrected chi connectivity index (χ1v) is 12.8. The summed E-state index contributed by atoms with van der Waals surface area (Å²) in [6.45, 7) is 4.99. The summed E-state index contributed by atoms with van der Waals surface area (Å²) in [5.74, 6) is 0.373. The van der Waals surface area contributed by atoms with Gasteiger partial charge in [-0.2, -0.15) is 0 Å². The van der Waals surface area contributed by atoms with Crippen molar-refractivity contribution in [3.8, 4) is 11.5 Å². The van der Waals surface area contributed by atoms with E-state index in [1.165, 1.54) is 12.1 Å². The molecule has 2 aromatic rings. The lowest BCUT2D eigenvalue weighted by atomic mass is 9.96. The summed E-state index contributed by atoms with van der Waals surface area (Å²) >= 11 is 6.14. The molecule has 2 fully saturated rings. The van der Waals surface area contributed by atoms with Gasteiger partial charge in [-0.15, -0.1) is 0 Å². The van der Waals surface area contributed by atoms with Crippen molar-refractivity contribution in [2.75, 3.05) is 59.2 Å². The van der Waals surface area contributed by atoms with E-state index in [0.29, 0.717) is 49.4 Å². The molecule has 1 atom stereocenters. The number of morpholine rings is 2. The summed E-state index contributed by atoms with van der Waals surface area (Å²) in [4.78, 5) is 29.7. The van der Waals surface area contributed by atoms with E-state index in [-0.39, 0.29) is 51.0 Å². The van der Waals surface area contributed by atoms with Gasteiger partial charge in [0, 0.05) is 30.7 Å². The zero-order valence-corrected chi connectivity index (χ0v) is 21.7. The first kappa shape index (κ1) is 27.2. The molecule has 10 heteroatoms. The van der Waals surface area contributed by atoms with Crippen LogP contribution in [0.5, 0.6) is 11.5 Å². The van der Waals surface area contributed by atoms with E-state index < -0.39 is 11.4 Å². The van der Waals surface area contributed by atoms with Crippen molar-refractivity contribution >= 4 is 23.4 Å². The molecule has 2 aliphatic rings. The fraction of sp³-hybridized carbons (Fsp3) is 0.481. The largest absolute Gasteiger partial charge is 0.493 e. The van der Waals surface area contributed by atoms with Crippen molar-refractivity contribution < 1.29 is 32.9 Å². The summed E-state index contributed by atoms with van der Waals surface area (Å²) < 4.78 is 36.5. The van der Waals surface area contributed by atoms with E-state index >= 15 is 0 Å². The van der Waals surface area contributed by atoms with Gasteiger partial charge in [0.15, 0.2) is 0 Å². The van der Waals surface area contributed by atoms with Crippen LogP contribution in [0.3, 0.4) is 0 Å². The minimum Gasteiger partial charge on any atom is -0.493 e. The van der Waals surface area contributed by atoms with E-state index in [9.17, 15) is 14.0 Å². The van der Waals surface area contributed by atoms with Crippen LogP contribution >= 0.6 is 11.6 Å². The lowest BCUT2D eigenvalue weighted by Gasteiger charge is -2.43. The summed E-state index contributed by atoms with van der Waals surface area (Å²) in [6, 6.07) is 11.1. The molecule has 0 spiro atoms. The van der Waals surface area contributed by atoms with Gasteiger partial charge < -0.3 is 28.7 Å². The Morgan fingerprint density at radius 1 is 1.00 bits per heavy atom. The van der Waals surface area contributed by atoms with E-state index in [1.54, 1.807) is 34.1 Å². The lowest BCUT2D eigenvalue weighted by Crippen LogP contribution is -2.59. The molecular formula is C27H32ClFN2O6. The molecule has 2 heterocycles. The van der Waals surface area contributed by atoms with Gasteiger partial charge in [-0.05, 0) is 42.8 Å². The Morgan fingerprint density at radius 2 is 1.76 bits per heavy atom. The third kappa shape index (κ3) is 7.56. The van der Waals surface area contributed by atoms with Crippen LogP contribution in [0.4, 0.5) is 4.39 Å². The highest BCUT2D eigenvalue weighted by Crippen LogP contribution is 2.28. The quantitative estimate of drug-likeness (QED) is 0.490. The summed E-state index contributed by atoms with van der Waals surface area (Å²) in [7, 11) is 0. The van der Waals surface area contributed by atoms with Crippen LogP contribution in [-0.2, 0) is 19.1 Å². The molecule has 0 saturated carbocycles. The predicted octanol–water partition coefficient (Wildman–Crippen LogP) is 3.48. The topological polar surface area (TPSA) is 77.5 Å². The van der Waals surface area contributed by atoms with Crippen molar-refractivity contribution in [3.05, 3.63) is 58.9 Å². The van der Waals surface area contributed by atoms with E-state index in [0.717, 1.165) is 5.56 Å². The highest BCUT2D eigenvalue weighted by molar-refractivity contribution is 6.31. The zero-order valence-electron chi connectivity index (χ0n) is 20.9. The maximum absolute atomic E-state index is 13.4. The van der Waals surface area contributed by atoms with Crippen molar-refractivity contribution in [2.24, 2.45) is 0 Å². The van der Waals surface area contributed by atoms with Gasteiger partial charge >= 0.3 is 0 Å². The van der Waals surface area contributed by atoms with Crippen LogP contribution in [0.1, 0.15) is 18.4 Å².